The second kappa shape index (κ2) is 5.50. The molecule has 1 aliphatic heterocycles. The van der Waals surface area contributed by atoms with E-state index >= 15 is 0 Å². The van der Waals surface area contributed by atoms with E-state index in [1.165, 1.54) is 0 Å². The van der Waals surface area contributed by atoms with Gasteiger partial charge >= 0.3 is 0 Å². The van der Waals surface area contributed by atoms with Crippen molar-refractivity contribution in [2.75, 3.05) is 18.1 Å². The molecule has 3 nitrogen and oxygen atoms in total. The highest BCUT2D eigenvalue weighted by Gasteiger charge is 2.20. The summed E-state index contributed by atoms with van der Waals surface area (Å²) in [4.78, 5) is 10.8. The van der Waals surface area contributed by atoms with Crippen molar-refractivity contribution >= 4 is 17.7 Å². The molecule has 1 aliphatic rings. The lowest BCUT2D eigenvalue weighted by molar-refractivity contribution is -0.119. The topological polar surface area (TPSA) is 49.3 Å². The van der Waals surface area contributed by atoms with E-state index in [0.29, 0.717) is 18.4 Å². The zero-order chi connectivity index (χ0) is 9.68. The second-order valence-electron chi connectivity index (χ2n) is 3.63. The smallest absolute Gasteiger partial charge is 0.220 e. The molecule has 13 heavy (non-hydrogen) atoms. The van der Waals surface area contributed by atoms with E-state index in [4.69, 9.17) is 5.11 Å². The molecule has 1 saturated heterocycles. The Morgan fingerprint density at radius 2 is 2.54 bits per heavy atom. The summed E-state index contributed by atoms with van der Waals surface area (Å²) in [6.45, 7) is 2.28. The number of aliphatic hydroxyl groups excluding tert-OH is 1. The molecule has 1 amide bonds. The molecular formula is C9H17NO2S. The molecule has 0 radical (unpaired) electrons. The van der Waals surface area contributed by atoms with Crippen LogP contribution in [0.15, 0.2) is 0 Å². The third-order valence-electron chi connectivity index (χ3n) is 2.12. The van der Waals surface area contributed by atoms with Crippen LogP contribution < -0.4 is 5.32 Å². The van der Waals surface area contributed by atoms with E-state index in [-0.39, 0.29) is 12.5 Å². The van der Waals surface area contributed by atoms with Gasteiger partial charge in [0.15, 0.2) is 0 Å². The number of rotatable bonds is 5. The van der Waals surface area contributed by atoms with Gasteiger partial charge in [0, 0.05) is 24.8 Å². The van der Waals surface area contributed by atoms with Crippen LogP contribution in [-0.4, -0.2) is 35.2 Å². The Balaban J connectivity index is 2.03. The van der Waals surface area contributed by atoms with Gasteiger partial charge in [-0.1, -0.05) is 6.92 Å². The van der Waals surface area contributed by atoms with E-state index in [0.717, 1.165) is 17.9 Å². The molecule has 0 aromatic heterocycles. The summed E-state index contributed by atoms with van der Waals surface area (Å²) in [5, 5.41) is 11.7. The highest BCUT2D eigenvalue weighted by molar-refractivity contribution is 7.99. The molecule has 1 rings (SSSR count). The van der Waals surface area contributed by atoms with E-state index in [2.05, 4.69) is 5.32 Å². The Morgan fingerprint density at radius 1 is 1.77 bits per heavy atom. The molecule has 0 spiro atoms. The maximum Gasteiger partial charge on any atom is 0.220 e. The maximum absolute atomic E-state index is 10.8. The fourth-order valence-electron chi connectivity index (χ4n) is 1.27. The molecule has 2 N–H and O–H groups in total. The summed E-state index contributed by atoms with van der Waals surface area (Å²) in [7, 11) is 0. The Bertz CT molecular complexity index is 175. The minimum atomic E-state index is 0.181. The molecule has 2 unspecified atom stereocenters. The van der Waals surface area contributed by atoms with Crippen molar-refractivity contribution in [3.8, 4) is 0 Å². The zero-order valence-corrected chi connectivity index (χ0v) is 8.77. The zero-order valence-electron chi connectivity index (χ0n) is 7.95. The maximum atomic E-state index is 10.8. The number of amides is 1. The number of hydrogen-bond donors (Lipinski definition) is 2. The molecular weight excluding hydrogens is 186 g/mol. The van der Waals surface area contributed by atoms with E-state index in [9.17, 15) is 4.79 Å². The van der Waals surface area contributed by atoms with E-state index < -0.39 is 0 Å². The van der Waals surface area contributed by atoms with Gasteiger partial charge in [0.25, 0.3) is 0 Å². The van der Waals surface area contributed by atoms with Gasteiger partial charge in [-0.25, -0.2) is 0 Å². The lowest BCUT2D eigenvalue weighted by Gasteiger charge is -2.11. The Labute approximate surface area is 83.3 Å². The second-order valence-corrected chi connectivity index (χ2v) is 4.70. The summed E-state index contributed by atoms with van der Waals surface area (Å²) < 4.78 is 0. The van der Waals surface area contributed by atoms with Gasteiger partial charge in [0.2, 0.25) is 5.91 Å². The molecule has 4 heteroatoms. The SMILES string of the molecule is CC(CO)CSCC1CCC(=O)N1. The van der Waals surface area contributed by atoms with Crippen molar-refractivity contribution in [2.24, 2.45) is 5.92 Å². The monoisotopic (exact) mass is 203 g/mol. The van der Waals surface area contributed by atoms with Gasteiger partial charge in [0.05, 0.1) is 0 Å². The number of aliphatic hydroxyl groups is 1. The van der Waals surface area contributed by atoms with Crippen LogP contribution in [-0.2, 0) is 4.79 Å². The standard InChI is InChI=1S/C9H17NO2S/c1-7(4-11)5-13-6-8-2-3-9(12)10-8/h7-8,11H,2-6H2,1H3,(H,10,12). The van der Waals surface area contributed by atoms with Gasteiger partial charge in [-0.3, -0.25) is 4.79 Å². The van der Waals surface area contributed by atoms with Crippen LogP contribution in [0.25, 0.3) is 0 Å². The Kier molecular flexibility index (Phi) is 4.59. The average Bonchev–Trinajstić information content (AvgIpc) is 2.51. The van der Waals surface area contributed by atoms with Crippen molar-refractivity contribution in [3.63, 3.8) is 0 Å². The minimum Gasteiger partial charge on any atom is -0.396 e. The molecule has 0 aromatic rings. The summed E-state index contributed by atoms with van der Waals surface area (Å²) >= 11 is 1.81. The summed E-state index contributed by atoms with van der Waals surface area (Å²) in [6.07, 6.45) is 1.65. The van der Waals surface area contributed by atoms with Crippen LogP contribution in [0, 0.1) is 5.92 Å². The first-order valence-electron chi connectivity index (χ1n) is 4.70. The van der Waals surface area contributed by atoms with Gasteiger partial charge in [-0.2, -0.15) is 11.8 Å². The molecule has 2 atom stereocenters. The molecule has 0 bridgehead atoms. The first kappa shape index (κ1) is 10.9. The number of thioether (sulfide) groups is 1. The predicted molar refractivity (Wildman–Crippen MR) is 54.7 cm³/mol. The van der Waals surface area contributed by atoms with Crippen molar-refractivity contribution < 1.29 is 9.90 Å². The first-order valence-corrected chi connectivity index (χ1v) is 5.85. The minimum absolute atomic E-state index is 0.181. The molecule has 1 fully saturated rings. The normalized spacial score (nSPS) is 24.5. The number of carbonyl (C=O) groups is 1. The largest absolute Gasteiger partial charge is 0.396 e. The molecule has 0 aromatic carbocycles. The predicted octanol–water partition coefficient (Wildman–Crippen LogP) is 0.627. The highest BCUT2D eigenvalue weighted by atomic mass is 32.2. The van der Waals surface area contributed by atoms with Crippen LogP contribution in [0.5, 0.6) is 0 Å². The third kappa shape index (κ3) is 4.00. The van der Waals surface area contributed by atoms with Crippen LogP contribution in [0.1, 0.15) is 19.8 Å². The van der Waals surface area contributed by atoms with Gasteiger partial charge in [-0.05, 0) is 18.1 Å². The fourth-order valence-corrected chi connectivity index (χ4v) is 2.44. The van der Waals surface area contributed by atoms with E-state index in [1.54, 1.807) is 0 Å². The van der Waals surface area contributed by atoms with Gasteiger partial charge in [0.1, 0.15) is 0 Å². The lowest BCUT2D eigenvalue weighted by Crippen LogP contribution is -2.27. The van der Waals surface area contributed by atoms with E-state index in [1.807, 2.05) is 18.7 Å². The van der Waals surface area contributed by atoms with Crippen LogP contribution in [0.4, 0.5) is 0 Å². The van der Waals surface area contributed by atoms with Gasteiger partial charge < -0.3 is 10.4 Å². The lowest BCUT2D eigenvalue weighted by atomic mass is 10.2. The van der Waals surface area contributed by atoms with Crippen LogP contribution >= 0.6 is 11.8 Å². The van der Waals surface area contributed by atoms with Gasteiger partial charge in [-0.15, -0.1) is 0 Å². The first-order chi connectivity index (χ1) is 6.22. The average molecular weight is 203 g/mol. The number of carbonyl (C=O) groups excluding carboxylic acids is 1. The van der Waals surface area contributed by atoms with Crippen LogP contribution in [0.2, 0.25) is 0 Å². The molecule has 0 aliphatic carbocycles. The van der Waals surface area contributed by atoms with Crippen molar-refractivity contribution in [2.45, 2.75) is 25.8 Å². The number of nitrogens with one attached hydrogen (secondary N) is 1. The molecule has 1 heterocycles. The quantitative estimate of drug-likeness (QED) is 0.689. The summed E-state index contributed by atoms with van der Waals surface area (Å²) in [5.74, 6) is 2.50. The molecule has 0 saturated carbocycles. The van der Waals surface area contributed by atoms with Crippen molar-refractivity contribution in [1.29, 1.82) is 0 Å². The van der Waals surface area contributed by atoms with Crippen LogP contribution in [0.3, 0.4) is 0 Å². The summed E-state index contributed by atoms with van der Waals surface area (Å²) in [6, 6.07) is 0.364. The Hall–Kier alpha value is -0.220. The number of hydrogen-bond acceptors (Lipinski definition) is 3. The molecule has 76 valence electrons. The fraction of sp³-hybridized carbons (Fsp3) is 0.889. The third-order valence-corrected chi connectivity index (χ3v) is 3.56. The summed E-state index contributed by atoms with van der Waals surface area (Å²) in [5.41, 5.74) is 0. The Morgan fingerprint density at radius 3 is 3.08 bits per heavy atom. The van der Waals surface area contributed by atoms with Crippen molar-refractivity contribution in [3.05, 3.63) is 0 Å². The highest BCUT2D eigenvalue weighted by Crippen LogP contribution is 2.15. The van der Waals surface area contributed by atoms with Crippen molar-refractivity contribution in [1.82, 2.24) is 5.32 Å².